The molecule has 1 nitrogen and oxygen atoms in total. The van der Waals surface area contributed by atoms with Crippen LogP contribution in [-0.4, -0.2) is 6.54 Å². The van der Waals surface area contributed by atoms with Gasteiger partial charge in [0, 0.05) is 9.50 Å². The first-order valence-electron chi connectivity index (χ1n) is 6.92. The lowest BCUT2D eigenvalue weighted by Gasteiger charge is -2.21. The summed E-state index contributed by atoms with van der Waals surface area (Å²) in [4.78, 5) is 0. The maximum atomic E-state index is 6.16. The number of benzene rings is 2. The van der Waals surface area contributed by atoms with E-state index in [2.05, 4.69) is 59.4 Å². The van der Waals surface area contributed by atoms with Crippen molar-refractivity contribution in [3.8, 4) is 0 Å². The second-order valence-electron chi connectivity index (χ2n) is 4.76. The van der Waals surface area contributed by atoms with E-state index in [1.165, 1.54) is 16.7 Å². The molecule has 0 radical (unpaired) electrons. The summed E-state index contributed by atoms with van der Waals surface area (Å²) in [5.74, 6) is 0. The van der Waals surface area contributed by atoms with Gasteiger partial charge in [-0.2, -0.15) is 0 Å². The van der Waals surface area contributed by atoms with E-state index < -0.39 is 0 Å². The minimum Gasteiger partial charge on any atom is -0.306 e. The fourth-order valence-corrected chi connectivity index (χ4v) is 3.00. The molecule has 0 aliphatic carbocycles. The maximum Gasteiger partial charge on any atom is 0.0588 e. The highest BCUT2D eigenvalue weighted by Crippen LogP contribution is 2.31. The molecule has 2 aromatic carbocycles. The van der Waals surface area contributed by atoms with Crippen LogP contribution in [0, 0.1) is 0 Å². The fourth-order valence-electron chi connectivity index (χ4n) is 2.34. The van der Waals surface area contributed by atoms with Crippen LogP contribution in [0.3, 0.4) is 0 Å². The topological polar surface area (TPSA) is 12.0 Å². The van der Waals surface area contributed by atoms with Crippen LogP contribution >= 0.6 is 27.5 Å². The highest BCUT2D eigenvalue weighted by atomic mass is 79.9. The first-order valence-corrected chi connectivity index (χ1v) is 8.10. The molecule has 1 unspecified atom stereocenters. The van der Waals surface area contributed by atoms with Crippen molar-refractivity contribution in [2.75, 3.05) is 6.54 Å². The number of aryl methyl sites for hydroxylation is 1. The van der Waals surface area contributed by atoms with E-state index in [1.54, 1.807) is 0 Å². The zero-order valence-electron chi connectivity index (χ0n) is 11.8. The Balaban J connectivity index is 2.46. The SMILES string of the molecule is CCNC(c1cccc(CC)c1)c1cc(Cl)ccc1Br. The van der Waals surface area contributed by atoms with Gasteiger partial charge in [0.15, 0.2) is 0 Å². The van der Waals surface area contributed by atoms with Gasteiger partial charge in [0.2, 0.25) is 0 Å². The zero-order valence-corrected chi connectivity index (χ0v) is 14.1. The summed E-state index contributed by atoms with van der Waals surface area (Å²) >= 11 is 9.79. The zero-order chi connectivity index (χ0) is 14.5. The molecule has 0 aromatic heterocycles. The molecule has 2 rings (SSSR count). The summed E-state index contributed by atoms with van der Waals surface area (Å²) in [5.41, 5.74) is 3.80. The second-order valence-corrected chi connectivity index (χ2v) is 6.05. The molecule has 0 heterocycles. The average molecular weight is 353 g/mol. The number of halogens is 2. The predicted molar refractivity (Wildman–Crippen MR) is 90.5 cm³/mol. The van der Waals surface area contributed by atoms with E-state index in [4.69, 9.17) is 11.6 Å². The fraction of sp³-hybridized carbons (Fsp3) is 0.294. The number of hydrogen-bond donors (Lipinski definition) is 1. The Morgan fingerprint density at radius 3 is 2.65 bits per heavy atom. The van der Waals surface area contributed by atoms with Crippen molar-refractivity contribution < 1.29 is 0 Å². The van der Waals surface area contributed by atoms with Gasteiger partial charge in [-0.05, 0) is 47.9 Å². The van der Waals surface area contributed by atoms with Crippen LogP contribution in [-0.2, 0) is 6.42 Å². The molecule has 1 N–H and O–H groups in total. The van der Waals surface area contributed by atoms with Crippen LogP contribution in [0.15, 0.2) is 46.9 Å². The van der Waals surface area contributed by atoms with Gasteiger partial charge in [0.05, 0.1) is 6.04 Å². The van der Waals surface area contributed by atoms with Crippen LogP contribution in [0.4, 0.5) is 0 Å². The van der Waals surface area contributed by atoms with Crippen molar-refractivity contribution in [3.63, 3.8) is 0 Å². The molecule has 0 aliphatic rings. The summed E-state index contributed by atoms with van der Waals surface area (Å²) < 4.78 is 1.08. The molecule has 0 saturated carbocycles. The van der Waals surface area contributed by atoms with Gasteiger partial charge in [-0.1, -0.05) is 65.6 Å². The lowest BCUT2D eigenvalue weighted by atomic mass is 9.96. The average Bonchev–Trinajstić information content (AvgIpc) is 2.47. The van der Waals surface area contributed by atoms with Gasteiger partial charge in [0.1, 0.15) is 0 Å². The maximum absolute atomic E-state index is 6.16. The summed E-state index contributed by atoms with van der Waals surface area (Å²) in [7, 11) is 0. The number of hydrogen-bond acceptors (Lipinski definition) is 1. The molecule has 0 saturated heterocycles. The third-order valence-electron chi connectivity index (χ3n) is 3.37. The molecule has 0 amide bonds. The van der Waals surface area contributed by atoms with E-state index in [9.17, 15) is 0 Å². The quantitative estimate of drug-likeness (QED) is 0.763. The van der Waals surface area contributed by atoms with E-state index in [0.29, 0.717) is 0 Å². The molecule has 0 spiro atoms. The van der Waals surface area contributed by atoms with Crippen LogP contribution in [0.1, 0.15) is 36.6 Å². The number of nitrogens with one attached hydrogen (secondary N) is 1. The molecular formula is C17H19BrClN. The predicted octanol–water partition coefficient (Wildman–Crippen LogP) is 5.36. The van der Waals surface area contributed by atoms with Crippen molar-refractivity contribution in [2.45, 2.75) is 26.3 Å². The van der Waals surface area contributed by atoms with Crippen LogP contribution in [0.5, 0.6) is 0 Å². The smallest absolute Gasteiger partial charge is 0.0588 e. The largest absolute Gasteiger partial charge is 0.306 e. The van der Waals surface area contributed by atoms with Gasteiger partial charge < -0.3 is 5.32 Å². The van der Waals surface area contributed by atoms with Crippen LogP contribution < -0.4 is 5.32 Å². The molecule has 0 fully saturated rings. The summed E-state index contributed by atoms with van der Waals surface area (Å²) in [6.45, 7) is 5.20. The first-order chi connectivity index (χ1) is 9.65. The molecule has 2 aromatic rings. The van der Waals surface area contributed by atoms with Gasteiger partial charge in [-0.15, -0.1) is 0 Å². The third kappa shape index (κ3) is 3.63. The van der Waals surface area contributed by atoms with Crippen molar-refractivity contribution in [2.24, 2.45) is 0 Å². The second kappa shape index (κ2) is 7.26. The minimum atomic E-state index is 0.152. The molecule has 3 heteroatoms. The Labute approximate surface area is 134 Å². The van der Waals surface area contributed by atoms with E-state index in [1.807, 2.05) is 18.2 Å². The summed E-state index contributed by atoms with van der Waals surface area (Å²) in [6.07, 6.45) is 1.05. The Kier molecular flexibility index (Phi) is 5.64. The normalized spacial score (nSPS) is 12.4. The first kappa shape index (κ1) is 15.6. The Morgan fingerprint density at radius 2 is 1.95 bits per heavy atom. The molecule has 0 aliphatic heterocycles. The monoisotopic (exact) mass is 351 g/mol. The van der Waals surface area contributed by atoms with Crippen molar-refractivity contribution in [1.82, 2.24) is 5.32 Å². The summed E-state index contributed by atoms with van der Waals surface area (Å²) in [5, 5.41) is 4.31. The van der Waals surface area contributed by atoms with Crippen molar-refractivity contribution in [3.05, 3.63) is 68.7 Å². The van der Waals surface area contributed by atoms with Crippen LogP contribution in [0.2, 0.25) is 5.02 Å². The van der Waals surface area contributed by atoms with Gasteiger partial charge in [-0.3, -0.25) is 0 Å². The lowest BCUT2D eigenvalue weighted by Crippen LogP contribution is -2.22. The lowest BCUT2D eigenvalue weighted by molar-refractivity contribution is 0.628. The van der Waals surface area contributed by atoms with E-state index in [0.717, 1.165) is 22.5 Å². The standard InChI is InChI=1S/C17H19BrClN/c1-3-12-6-5-7-13(10-12)17(20-4-2)15-11-14(19)8-9-16(15)18/h5-11,17,20H,3-4H2,1-2H3. The number of rotatable bonds is 5. The van der Waals surface area contributed by atoms with Crippen molar-refractivity contribution >= 4 is 27.5 Å². The Morgan fingerprint density at radius 1 is 1.15 bits per heavy atom. The molecule has 20 heavy (non-hydrogen) atoms. The molecular weight excluding hydrogens is 334 g/mol. The molecule has 106 valence electrons. The van der Waals surface area contributed by atoms with E-state index in [-0.39, 0.29) is 6.04 Å². The van der Waals surface area contributed by atoms with Crippen molar-refractivity contribution in [1.29, 1.82) is 0 Å². The highest BCUT2D eigenvalue weighted by Gasteiger charge is 2.16. The Hall–Kier alpha value is -0.830. The third-order valence-corrected chi connectivity index (χ3v) is 4.33. The van der Waals surface area contributed by atoms with Crippen LogP contribution in [0.25, 0.3) is 0 Å². The molecule has 0 bridgehead atoms. The van der Waals surface area contributed by atoms with Gasteiger partial charge >= 0.3 is 0 Å². The van der Waals surface area contributed by atoms with E-state index >= 15 is 0 Å². The highest BCUT2D eigenvalue weighted by molar-refractivity contribution is 9.10. The summed E-state index contributed by atoms with van der Waals surface area (Å²) in [6, 6.07) is 14.8. The Bertz CT molecular complexity index is 583. The minimum absolute atomic E-state index is 0.152. The van der Waals surface area contributed by atoms with Gasteiger partial charge in [-0.25, -0.2) is 0 Å². The molecule has 1 atom stereocenters. The van der Waals surface area contributed by atoms with Gasteiger partial charge in [0.25, 0.3) is 0 Å².